The number of nitrogens with zero attached hydrogens (tertiary/aromatic N) is 1. The number of amides is 1. The molecule has 0 heterocycles. The summed E-state index contributed by atoms with van der Waals surface area (Å²) >= 11 is 5.94. The fourth-order valence-corrected chi connectivity index (χ4v) is 2.54. The summed E-state index contributed by atoms with van der Waals surface area (Å²) in [6.07, 6.45) is 4.50. The maximum Gasteiger partial charge on any atom is 0.224 e. The molecule has 0 aliphatic carbocycles. The number of rotatable bonds is 8. The average molecular weight is 308 g/mol. The molecule has 1 aromatic rings. The van der Waals surface area contributed by atoms with Crippen LogP contribution in [0.5, 0.6) is 0 Å². The first-order chi connectivity index (χ1) is 10.1. The normalized spacial score (nSPS) is 11.7. The highest BCUT2D eigenvalue weighted by Crippen LogP contribution is 2.21. The lowest BCUT2D eigenvalue weighted by Crippen LogP contribution is -2.15. The Kier molecular flexibility index (Phi) is 7.81. The quantitative estimate of drug-likeness (QED) is 0.768. The third-order valence-corrected chi connectivity index (χ3v) is 3.74. The zero-order chi connectivity index (χ0) is 15.7. The molecule has 1 atom stereocenters. The van der Waals surface area contributed by atoms with Gasteiger partial charge >= 0.3 is 0 Å². The molecule has 114 valence electrons. The Labute approximate surface area is 131 Å². The fraction of sp³-hybridized carbons (Fsp3) is 0.500. The molecular weight excluding hydrogens is 286 g/mol. The average Bonchev–Trinajstić information content (AvgIpc) is 2.45. The highest BCUT2D eigenvalue weighted by atomic mass is 35.5. The van der Waals surface area contributed by atoms with Gasteiger partial charge in [-0.25, -0.2) is 0 Å². The van der Waals surface area contributed by atoms with E-state index >= 15 is 0 Å². The van der Waals surface area contributed by atoms with E-state index in [1.165, 1.54) is 0 Å². The van der Waals surface area contributed by atoms with Crippen LogP contribution in [0.1, 0.15) is 44.6 Å². The molecule has 3 N–H and O–H groups in total. The van der Waals surface area contributed by atoms with Crippen molar-refractivity contribution in [3.8, 4) is 6.07 Å². The van der Waals surface area contributed by atoms with Crippen molar-refractivity contribution >= 4 is 23.2 Å². The molecule has 1 amide bonds. The second-order valence-electron chi connectivity index (χ2n) is 5.13. The number of benzene rings is 1. The Hall–Kier alpha value is -1.57. The lowest BCUT2D eigenvalue weighted by molar-refractivity contribution is -0.116. The Morgan fingerprint density at radius 2 is 2.19 bits per heavy atom. The summed E-state index contributed by atoms with van der Waals surface area (Å²) in [7, 11) is 0. The van der Waals surface area contributed by atoms with Crippen LogP contribution in [0, 0.1) is 17.2 Å². The van der Waals surface area contributed by atoms with Crippen LogP contribution in [0.2, 0.25) is 5.02 Å². The Morgan fingerprint density at radius 1 is 1.43 bits per heavy atom. The Balaban J connectivity index is 2.50. The number of carbonyl (C=O) groups is 1. The number of anilines is 1. The molecule has 4 nitrogen and oxygen atoms in total. The van der Waals surface area contributed by atoms with Crippen LogP contribution in [0.25, 0.3) is 0 Å². The van der Waals surface area contributed by atoms with Crippen molar-refractivity contribution in [1.82, 2.24) is 0 Å². The van der Waals surface area contributed by atoms with E-state index in [2.05, 4.69) is 12.2 Å². The second-order valence-corrected chi connectivity index (χ2v) is 5.53. The molecule has 21 heavy (non-hydrogen) atoms. The van der Waals surface area contributed by atoms with Gasteiger partial charge in [-0.3, -0.25) is 4.79 Å². The van der Waals surface area contributed by atoms with E-state index in [1.807, 2.05) is 6.07 Å². The summed E-state index contributed by atoms with van der Waals surface area (Å²) in [6, 6.07) is 6.88. The third kappa shape index (κ3) is 6.16. The predicted molar refractivity (Wildman–Crippen MR) is 86.1 cm³/mol. The third-order valence-electron chi connectivity index (χ3n) is 3.42. The number of nitrogens with one attached hydrogen (secondary N) is 1. The van der Waals surface area contributed by atoms with Gasteiger partial charge in [0.25, 0.3) is 0 Å². The molecule has 0 saturated carbocycles. The molecule has 0 fully saturated rings. The van der Waals surface area contributed by atoms with E-state index in [9.17, 15) is 4.79 Å². The summed E-state index contributed by atoms with van der Waals surface area (Å²) in [5, 5.41) is 12.0. The van der Waals surface area contributed by atoms with Gasteiger partial charge in [-0.05, 0) is 43.5 Å². The molecular formula is C16H22ClN3O. The van der Waals surface area contributed by atoms with Crippen molar-refractivity contribution in [3.63, 3.8) is 0 Å². The predicted octanol–water partition coefficient (Wildman–Crippen LogP) is 3.70. The van der Waals surface area contributed by atoms with Crippen LogP contribution in [0.15, 0.2) is 18.2 Å². The second kappa shape index (κ2) is 9.38. The summed E-state index contributed by atoms with van der Waals surface area (Å²) in [4.78, 5) is 11.9. The van der Waals surface area contributed by atoms with Gasteiger partial charge in [0.1, 0.15) is 6.07 Å². The van der Waals surface area contributed by atoms with E-state index in [0.717, 1.165) is 25.7 Å². The minimum atomic E-state index is -0.0334. The van der Waals surface area contributed by atoms with Crippen molar-refractivity contribution in [2.45, 2.75) is 39.0 Å². The van der Waals surface area contributed by atoms with Crippen LogP contribution in [0.4, 0.5) is 5.69 Å². The molecule has 1 rings (SSSR count). The molecule has 1 unspecified atom stereocenters. The molecule has 5 heteroatoms. The highest BCUT2D eigenvalue weighted by Gasteiger charge is 2.11. The molecule has 0 aliphatic rings. The van der Waals surface area contributed by atoms with Gasteiger partial charge in [0, 0.05) is 12.1 Å². The van der Waals surface area contributed by atoms with Crippen LogP contribution < -0.4 is 11.1 Å². The fourth-order valence-electron chi connectivity index (χ4n) is 2.32. The smallest absolute Gasteiger partial charge is 0.224 e. The Bertz CT molecular complexity index is 505. The minimum absolute atomic E-state index is 0.0334. The molecule has 0 bridgehead atoms. The van der Waals surface area contributed by atoms with Crippen molar-refractivity contribution in [2.75, 3.05) is 11.9 Å². The van der Waals surface area contributed by atoms with Crippen LogP contribution in [0.3, 0.4) is 0 Å². The van der Waals surface area contributed by atoms with Gasteiger partial charge in [-0.2, -0.15) is 5.26 Å². The first-order valence-corrected chi connectivity index (χ1v) is 7.68. The zero-order valence-corrected chi connectivity index (χ0v) is 13.1. The lowest BCUT2D eigenvalue weighted by Gasteiger charge is -2.14. The van der Waals surface area contributed by atoms with Crippen molar-refractivity contribution < 1.29 is 4.79 Å². The Morgan fingerprint density at radius 3 is 2.76 bits per heavy atom. The van der Waals surface area contributed by atoms with Crippen molar-refractivity contribution in [1.29, 1.82) is 5.26 Å². The van der Waals surface area contributed by atoms with E-state index in [1.54, 1.807) is 18.2 Å². The van der Waals surface area contributed by atoms with Gasteiger partial charge in [-0.1, -0.05) is 31.4 Å². The molecule has 0 saturated heterocycles. The summed E-state index contributed by atoms with van der Waals surface area (Å²) < 4.78 is 0. The SMILES string of the molecule is CCCC(CCN)CCC(=O)Nc1ccc(C#N)c(Cl)c1. The summed E-state index contributed by atoms with van der Waals surface area (Å²) in [6.45, 7) is 2.81. The van der Waals surface area contributed by atoms with E-state index in [-0.39, 0.29) is 5.91 Å². The molecule has 0 spiro atoms. The lowest BCUT2D eigenvalue weighted by atomic mass is 9.94. The standard InChI is InChI=1S/C16H22ClN3O/c1-2-3-12(8-9-18)4-7-16(21)20-14-6-5-13(11-19)15(17)10-14/h5-6,10,12H,2-4,7-9,18H2,1H3,(H,20,21). The molecule has 0 aromatic heterocycles. The first kappa shape index (κ1) is 17.5. The van der Waals surface area contributed by atoms with Crippen LogP contribution >= 0.6 is 11.6 Å². The van der Waals surface area contributed by atoms with Crippen LogP contribution in [-0.4, -0.2) is 12.5 Å². The maximum atomic E-state index is 11.9. The number of hydrogen-bond donors (Lipinski definition) is 2. The number of carbonyl (C=O) groups excluding carboxylic acids is 1. The topological polar surface area (TPSA) is 78.9 Å². The van der Waals surface area contributed by atoms with Gasteiger partial charge < -0.3 is 11.1 Å². The van der Waals surface area contributed by atoms with E-state index in [0.29, 0.717) is 35.2 Å². The summed E-state index contributed by atoms with van der Waals surface area (Å²) in [5.74, 6) is 0.476. The minimum Gasteiger partial charge on any atom is -0.330 e. The number of halogens is 1. The first-order valence-electron chi connectivity index (χ1n) is 7.30. The van der Waals surface area contributed by atoms with Gasteiger partial charge in [-0.15, -0.1) is 0 Å². The molecule has 0 aliphatic heterocycles. The van der Waals surface area contributed by atoms with Gasteiger partial charge in [0.05, 0.1) is 10.6 Å². The number of nitrogens with two attached hydrogens (primary N) is 1. The zero-order valence-electron chi connectivity index (χ0n) is 12.4. The summed E-state index contributed by atoms with van der Waals surface area (Å²) in [5.41, 5.74) is 6.62. The van der Waals surface area contributed by atoms with Gasteiger partial charge in [0.15, 0.2) is 0 Å². The largest absolute Gasteiger partial charge is 0.330 e. The van der Waals surface area contributed by atoms with Crippen molar-refractivity contribution in [2.24, 2.45) is 11.7 Å². The number of hydrogen-bond acceptors (Lipinski definition) is 3. The molecule has 0 radical (unpaired) electrons. The molecule has 1 aromatic carbocycles. The monoisotopic (exact) mass is 307 g/mol. The number of nitriles is 1. The van der Waals surface area contributed by atoms with E-state index in [4.69, 9.17) is 22.6 Å². The van der Waals surface area contributed by atoms with Crippen molar-refractivity contribution in [3.05, 3.63) is 28.8 Å². The van der Waals surface area contributed by atoms with Gasteiger partial charge in [0.2, 0.25) is 5.91 Å². The van der Waals surface area contributed by atoms with Crippen LogP contribution in [-0.2, 0) is 4.79 Å². The maximum absolute atomic E-state index is 11.9. The highest BCUT2D eigenvalue weighted by molar-refractivity contribution is 6.32. The van der Waals surface area contributed by atoms with E-state index < -0.39 is 0 Å².